The van der Waals surface area contributed by atoms with Gasteiger partial charge in [0.25, 0.3) is 5.92 Å². The standard InChI is InChI=1S/C16H23F2N/c1-3-7-15-12-19(10-13(2)16(15,17)18)11-14-8-5-4-6-9-14/h4-6,8-9,13,15H,3,7,10-12H2,1-2H3. The van der Waals surface area contributed by atoms with Crippen molar-refractivity contribution in [2.24, 2.45) is 11.8 Å². The summed E-state index contributed by atoms with van der Waals surface area (Å²) in [6, 6.07) is 10.1. The lowest BCUT2D eigenvalue weighted by Crippen LogP contribution is -2.52. The Balaban J connectivity index is 2.04. The number of nitrogens with zero attached hydrogens (tertiary/aromatic N) is 1. The average molecular weight is 267 g/mol. The molecule has 1 heterocycles. The Morgan fingerprint density at radius 1 is 1.21 bits per heavy atom. The van der Waals surface area contributed by atoms with E-state index in [1.54, 1.807) is 6.92 Å². The van der Waals surface area contributed by atoms with E-state index in [0.717, 1.165) is 13.0 Å². The third-order valence-electron chi connectivity index (χ3n) is 4.10. The van der Waals surface area contributed by atoms with Gasteiger partial charge in [0.15, 0.2) is 0 Å². The molecule has 1 aromatic rings. The Labute approximate surface area is 114 Å². The van der Waals surface area contributed by atoms with Crippen LogP contribution < -0.4 is 0 Å². The van der Waals surface area contributed by atoms with Crippen molar-refractivity contribution in [2.75, 3.05) is 13.1 Å². The molecule has 1 aliphatic heterocycles. The summed E-state index contributed by atoms with van der Waals surface area (Å²) in [4.78, 5) is 2.18. The maximum absolute atomic E-state index is 14.1. The molecular formula is C16H23F2N. The lowest BCUT2D eigenvalue weighted by Gasteiger charge is -2.42. The fourth-order valence-corrected chi connectivity index (χ4v) is 3.02. The molecule has 0 radical (unpaired) electrons. The average Bonchev–Trinajstić information content (AvgIpc) is 2.37. The largest absolute Gasteiger partial charge is 0.298 e. The van der Waals surface area contributed by atoms with E-state index in [9.17, 15) is 8.78 Å². The van der Waals surface area contributed by atoms with Gasteiger partial charge < -0.3 is 0 Å². The molecule has 106 valence electrons. The van der Waals surface area contributed by atoms with Gasteiger partial charge in [-0.2, -0.15) is 0 Å². The van der Waals surface area contributed by atoms with Crippen LogP contribution in [0.1, 0.15) is 32.3 Å². The van der Waals surface area contributed by atoms with Gasteiger partial charge in [-0.3, -0.25) is 4.90 Å². The van der Waals surface area contributed by atoms with E-state index < -0.39 is 17.8 Å². The van der Waals surface area contributed by atoms with Gasteiger partial charge in [-0.25, -0.2) is 8.78 Å². The first-order valence-electron chi connectivity index (χ1n) is 7.18. The molecule has 0 aliphatic carbocycles. The number of rotatable bonds is 4. The maximum atomic E-state index is 14.1. The van der Waals surface area contributed by atoms with Crippen molar-refractivity contribution in [3.05, 3.63) is 35.9 Å². The van der Waals surface area contributed by atoms with Crippen LogP contribution in [0.25, 0.3) is 0 Å². The molecule has 19 heavy (non-hydrogen) atoms. The smallest absolute Gasteiger partial charge is 0.255 e. The number of hydrogen-bond acceptors (Lipinski definition) is 1. The van der Waals surface area contributed by atoms with Crippen molar-refractivity contribution < 1.29 is 8.78 Å². The Hall–Kier alpha value is -0.960. The zero-order valence-electron chi connectivity index (χ0n) is 11.8. The molecule has 1 saturated heterocycles. The second-order valence-electron chi connectivity index (χ2n) is 5.74. The third kappa shape index (κ3) is 3.33. The summed E-state index contributed by atoms with van der Waals surface area (Å²) < 4.78 is 28.3. The van der Waals surface area contributed by atoms with E-state index >= 15 is 0 Å². The van der Waals surface area contributed by atoms with Gasteiger partial charge in [0.1, 0.15) is 0 Å². The number of piperidine rings is 1. The fraction of sp³-hybridized carbons (Fsp3) is 0.625. The monoisotopic (exact) mass is 267 g/mol. The van der Waals surface area contributed by atoms with E-state index in [1.165, 1.54) is 5.56 Å². The minimum Gasteiger partial charge on any atom is -0.298 e. The minimum atomic E-state index is -2.51. The zero-order valence-corrected chi connectivity index (χ0v) is 11.8. The quantitative estimate of drug-likeness (QED) is 0.790. The molecule has 0 bridgehead atoms. The first-order valence-corrected chi connectivity index (χ1v) is 7.18. The molecule has 2 atom stereocenters. The predicted octanol–water partition coefficient (Wildman–Crippen LogP) is 4.19. The Morgan fingerprint density at radius 2 is 1.89 bits per heavy atom. The molecule has 3 heteroatoms. The number of likely N-dealkylation sites (tertiary alicyclic amines) is 1. The van der Waals surface area contributed by atoms with Gasteiger partial charge in [0, 0.05) is 31.5 Å². The normalized spacial score (nSPS) is 27.4. The summed E-state index contributed by atoms with van der Waals surface area (Å²) in [5.41, 5.74) is 1.20. The van der Waals surface area contributed by atoms with Crippen LogP contribution in [0.3, 0.4) is 0 Å². The molecule has 1 nitrogen and oxygen atoms in total. The van der Waals surface area contributed by atoms with Crippen LogP contribution in [0.5, 0.6) is 0 Å². The lowest BCUT2D eigenvalue weighted by atomic mass is 9.83. The summed E-state index contributed by atoms with van der Waals surface area (Å²) in [5.74, 6) is -3.56. The van der Waals surface area contributed by atoms with Crippen molar-refractivity contribution in [2.45, 2.75) is 39.2 Å². The molecular weight excluding hydrogens is 244 g/mol. The first kappa shape index (κ1) is 14.4. The highest BCUT2D eigenvalue weighted by Crippen LogP contribution is 2.40. The minimum absolute atomic E-state index is 0.488. The van der Waals surface area contributed by atoms with Gasteiger partial charge >= 0.3 is 0 Å². The van der Waals surface area contributed by atoms with Gasteiger partial charge in [0.2, 0.25) is 0 Å². The number of benzene rings is 1. The first-order chi connectivity index (χ1) is 9.04. The van der Waals surface area contributed by atoms with Gasteiger partial charge in [-0.1, -0.05) is 50.6 Å². The highest BCUT2D eigenvalue weighted by Gasteiger charge is 2.48. The molecule has 0 spiro atoms. The fourth-order valence-electron chi connectivity index (χ4n) is 3.02. The van der Waals surface area contributed by atoms with E-state index in [1.807, 2.05) is 25.1 Å². The Kier molecular flexibility index (Phi) is 4.56. The van der Waals surface area contributed by atoms with E-state index in [2.05, 4.69) is 17.0 Å². The van der Waals surface area contributed by atoms with Crippen LogP contribution in [-0.2, 0) is 6.54 Å². The molecule has 0 aromatic heterocycles. The van der Waals surface area contributed by atoms with Crippen molar-refractivity contribution >= 4 is 0 Å². The number of halogens is 2. The van der Waals surface area contributed by atoms with Crippen LogP contribution in [0.4, 0.5) is 8.78 Å². The lowest BCUT2D eigenvalue weighted by molar-refractivity contribution is -0.148. The second kappa shape index (κ2) is 6.00. The SMILES string of the molecule is CCCC1CN(Cc2ccccc2)CC(C)C1(F)F. The van der Waals surface area contributed by atoms with Crippen LogP contribution in [0, 0.1) is 11.8 Å². The molecule has 1 aliphatic rings. The van der Waals surface area contributed by atoms with Crippen LogP contribution in [0.2, 0.25) is 0 Å². The van der Waals surface area contributed by atoms with E-state index in [4.69, 9.17) is 0 Å². The number of alkyl halides is 2. The van der Waals surface area contributed by atoms with E-state index in [0.29, 0.717) is 19.5 Å². The summed E-state index contributed by atoms with van der Waals surface area (Å²) in [6.45, 7) is 5.44. The van der Waals surface area contributed by atoms with Crippen molar-refractivity contribution in [3.8, 4) is 0 Å². The molecule has 1 fully saturated rings. The van der Waals surface area contributed by atoms with Crippen molar-refractivity contribution in [1.29, 1.82) is 0 Å². The molecule has 2 rings (SSSR count). The third-order valence-corrected chi connectivity index (χ3v) is 4.10. The zero-order chi connectivity index (χ0) is 13.9. The van der Waals surface area contributed by atoms with Crippen molar-refractivity contribution in [3.63, 3.8) is 0 Å². The molecule has 0 saturated carbocycles. The van der Waals surface area contributed by atoms with E-state index in [-0.39, 0.29) is 0 Å². The van der Waals surface area contributed by atoms with Gasteiger partial charge in [0.05, 0.1) is 0 Å². The molecule has 0 amide bonds. The highest BCUT2D eigenvalue weighted by atomic mass is 19.3. The summed E-state index contributed by atoms with van der Waals surface area (Å²) >= 11 is 0. The van der Waals surface area contributed by atoms with Crippen LogP contribution in [0.15, 0.2) is 30.3 Å². The number of hydrogen-bond donors (Lipinski definition) is 0. The predicted molar refractivity (Wildman–Crippen MR) is 74.2 cm³/mol. The molecule has 1 aromatic carbocycles. The van der Waals surface area contributed by atoms with Gasteiger partial charge in [-0.15, -0.1) is 0 Å². The Bertz CT molecular complexity index is 391. The second-order valence-corrected chi connectivity index (χ2v) is 5.74. The topological polar surface area (TPSA) is 3.24 Å². The molecule has 2 unspecified atom stereocenters. The van der Waals surface area contributed by atoms with Crippen molar-refractivity contribution in [1.82, 2.24) is 4.90 Å². The maximum Gasteiger partial charge on any atom is 0.255 e. The summed E-state index contributed by atoms with van der Waals surface area (Å²) in [7, 11) is 0. The highest BCUT2D eigenvalue weighted by molar-refractivity contribution is 5.14. The summed E-state index contributed by atoms with van der Waals surface area (Å²) in [5, 5.41) is 0. The summed E-state index contributed by atoms with van der Waals surface area (Å²) in [6.07, 6.45) is 1.44. The Morgan fingerprint density at radius 3 is 2.53 bits per heavy atom. The van der Waals surface area contributed by atoms with Gasteiger partial charge in [-0.05, 0) is 12.0 Å². The van der Waals surface area contributed by atoms with Crippen LogP contribution >= 0.6 is 0 Å². The van der Waals surface area contributed by atoms with Crippen LogP contribution in [-0.4, -0.2) is 23.9 Å². The molecule has 0 N–H and O–H groups in total.